The van der Waals surface area contributed by atoms with E-state index in [1.165, 1.54) is 12.8 Å². The largest absolute Gasteiger partial charge is 0.369 e. The molecule has 1 aromatic heterocycles. The van der Waals surface area contributed by atoms with Gasteiger partial charge in [0, 0.05) is 13.1 Å². The summed E-state index contributed by atoms with van der Waals surface area (Å²) >= 11 is 0. The van der Waals surface area contributed by atoms with Crippen LogP contribution in [0.25, 0.3) is 0 Å². The minimum atomic E-state index is 0.859. The molecule has 0 bridgehead atoms. The first-order valence-corrected chi connectivity index (χ1v) is 5.68. The zero-order chi connectivity index (χ0) is 10.5. The fraction of sp³-hybridized carbons (Fsp3) is 0.636. The number of anilines is 2. The lowest BCUT2D eigenvalue weighted by Crippen LogP contribution is -2.08. The van der Waals surface area contributed by atoms with Crippen LogP contribution in [0.1, 0.15) is 26.2 Å². The monoisotopic (exact) mass is 206 g/mol. The summed E-state index contributed by atoms with van der Waals surface area (Å²) in [4.78, 5) is 8.57. The van der Waals surface area contributed by atoms with Gasteiger partial charge in [-0.15, -0.1) is 0 Å². The fourth-order valence-electron chi connectivity index (χ4n) is 1.36. The topological polar surface area (TPSA) is 49.8 Å². The average Bonchev–Trinajstić information content (AvgIpc) is 3.08. The van der Waals surface area contributed by atoms with Crippen LogP contribution in [0.4, 0.5) is 11.6 Å². The van der Waals surface area contributed by atoms with Gasteiger partial charge in [0.1, 0.15) is 11.6 Å². The molecule has 0 atom stereocenters. The Labute approximate surface area is 90.5 Å². The van der Waals surface area contributed by atoms with Crippen LogP contribution in [0, 0.1) is 5.92 Å². The van der Waals surface area contributed by atoms with Crippen LogP contribution in [0.5, 0.6) is 0 Å². The van der Waals surface area contributed by atoms with Gasteiger partial charge >= 0.3 is 0 Å². The highest BCUT2D eigenvalue weighted by Crippen LogP contribution is 2.28. The first kappa shape index (κ1) is 10.2. The fourth-order valence-corrected chi connectivity index (χ4v) is 1.36. The second kappa shape index (κ2) is 4.96. The van der Waals surface area contributed by atoms with Gasteiger partial charge in [-0.05, 0) is 25.2 Å². The molecular weight excluding hydrogens is 188 g/mol. The molecule has 1 heterocycles. The van der Waals surface area contributed by atoms with E-state index >= 15 is 0 Å². The Bertz CT molecular complexity index is 309. The molecule has 1 saturated carbocycles. The van der Waals surface area contributed by atoms with Crippen molar-refractivity contribution in [3.63, 3.8) is 0 Å². The number of hydrogen-bond acceptors (Lipinski definition) is 4. The summed E-state index contributed by atoms with van der Waals surface area (Å²) in [5.41, 5.74) is 0. The van der Waals surface area contributed by atoms with Gasteiger partial charge in [-0.1, -0.05) is 6.92 Å². The second-order valence-electron chi connectivity index (χ2n) is 4.04. The third kappa shape index (κ3) is 3.38. The quantitative estimate of drug-likeness (QED) is 0.748. The van der Waals surface area contributed by atoms with Gasteiger partial charge in [-0.3, -0.25) is 4.98 Å². The molecule has 2 N–H and O–H groups in total. The standard InChI is InChI=1S/C11H18N4/c1-2-5-13-10-7-12-8-11(15-10)14-6-9-3-4-9/h7-9H,2-6H2,1H3,(H2,13,14,15). The molecule has 0 unspecified atom stereocenters. The molecule has 1 aromatic rings. The van der Waals surface area contributed by atoms with Crippen molar-refractivity contribution in [1.29, 1.82) is 0 Å². The van der Waals surface area contributed by atoms with Crippen LogP contribution in [-0.4, -0.2) is 23.1 Å². The number of nitrogens with one attached hydrogen (secondary N) is 2. The normalized spacial score (nSPS) is 15.0. The van der Waals surface area contributed by atoms with Crippen molar-refractivity contribution in [2.45, 2.75) is 26.2 Å². The van der Waals surface area contributed by atoms with Gasteiger partial charge in [0.2, 0.25) is 0 Å². The molecule has 0 spiro atoms. The van der Waals surface area contributed by atoms with Gasteiger partial charge in [-0.2, -0.15) is 0 Å². The number of rotatable bonds is 6. The lowest BCUT2D eigenvalue weighted by atomic mass is 10.4. The van der Waals surface area contributed by atoms with Crippen molar-refractivity contribution in [3.05, 3.63) is 12.4 Å². The zero-order valence-corrected chi connectivity index (χ0v) is 9.16. The predicted molar refractivity (Wildman–Crippen MR) is 62.0 cm³/mol. The van der Waals surface area contributed by atoms with E-state index in [0.717, 1.165) is 37.1 Å². The van der Waals surface area contributed by atoms with Gasteiger partial charge < -0.3 is 10.6 Å². The molecule has 82 valence electrons. The maximum atomic E-state index is 4.43. The first-order valence-electron chi connectivity index (χ1n) is 5.68. The lowest BCUT2D eigenvalue weighted by Gasteiger charge is -2.07. The number of hydrogen-bond donors (Lipinski definition) is 2. The summed E-state index contributed by atoms with van der Waals surface area (Å²) in [6, 6.07) is 0. The second-order valence-corrected chi connectivity index (χ2v) is 4.04. The minimum Gasteiger partial charge on any atom is -0.369 e. The molecule has 2 rings (SSSR count). The zero-order valence-electron chi connectivity index (χ0n) is 9.16. The van der Waals surface area contributed by atoms with Crippen molar-refractivity contribution >= 4 is 11.6 Å². The van der Waals surface area contributed by atoms with Crippen LogP contribution in [-0.2, 0) is 0 Å². The predicted octanol–water partition coefficient (Wildman–Crippen LogP) is 2.12. The van der Waals surface area contributed by atoms with E-state index in [2.05, 4.69) is 27.5 Å². The Hall–Kier alpha value is -1.32. The third-order valence-corrected chi connectivity index (χ3v) is 2.46. The smallest absolute Gasteiger partial charge is 0.146 e. The van der Waals surface area contributed by atoms with Crippen LogP contribution < -0.4 is 10.6 Å². The van der Waals surface area contributed by atoms with Crippen molar-refractivity contribution in [1.82, 2.24) is 9.97 Å². The molecule has 0 radical (unpaired) electrons. The third-order valence-electron chi connectivity index (χ3n) is 2.46. The molecule has 0 amide bonds. The molecule has 0 aliphatic heterocycles. The van der Waals surface area contributed by atoms with Crippen molar-refractivity contribution in [2.24, 2.45) is 5.92 Å². The highest BCUT2D eigenvalue weighted by atomic mass is 15.1. The van der Waals surface area contributed by atoms with E-state index in [4.69, 9.17) is 0 Å². The van der Waals surface area contributed by atoms with Gasteiger partial charge in [0.15, 0.2) is 0 Å². The van der Waals surface area contributed by atoms with Gasteiger partial charge in [0.05, 0.1) is 12.4 Å². The van der Waals surface area contributed by atoms with E-state index in [-0.39, 0.29) is 0 Å². The summed E-state index contributed by atoms with van der Waals surface area (Å²) < 4.78 is 0. The lowest BCUT2D eigenvalue weighted by molar-refractivity contribution is 0.879. The Kier molecular flexibility index (Phi) is 3.37. The highest BCUT2D eigenvalue weighted by molar-refractivity contribution is 5.41. The van der Waals surface area contributed by atoms with Gasteiger partial charge in [-0.25, -0.2) is 4.98 Å². The van der Waals surface area contributed by atoms with Crippen LogP contribution in [0.15, 0.2) is 12.4 Å². The van der Waals surface area contributed by atoms with E-state index in [0.29, 0.717) is 0 Å². The van der Waals surface area contributed by atoms with Crippen molar-refractivity contribution < 1.29 is 0 Å². The Morgan fingerprint density at radius 2 is 2.00 bits per heavy atom. The molecule has 0 saturated heterocycles. The van der Waals surface area contributed by atoms with Crippen LogP contribution >= 0.6 is 0 Å². The van der Waals surface area contributed by atoms with E-state index < -0.39 is 0 Å². The number of nitrogens with zero attached hydrogens (tertiary/aromatic N) is 2. The molecule has 4 heteroatoms. The van der Waals surface area contributed by atoms with E-state index in [9.17, 15) is 0 Å². The van der Waals surface area contributed by atoms with Crippen molar-refractivity contribution in [3.8, 4) is 0 Å². The summed E-state index contributed by atoms with van der Waals surface area (Å²) in [7, 11) is 0. The summed E-state index contributed by atoms with van der Waals surface area (Å²) in [5, 5.41) is 6.53. The molecule has 1 fully saturated rings. The van der Waals surface area contributed by atoms with E-state index in [1.807, 2.05) is 0 Å². The van der Waals surface area contributed by atoms with Crippen LogP contribution in [0.2, 0.25) is 0 Å². The Morgan fingerprint density at radius 1 is 1.27 bits per heavy atom. The van der Waals surface area contributed by atoms with Crippen molar-refractivity contribution in [2.75, 3.05) is 23.7 Å². The van der Waals surface area contributed by atoms with Gasteiger partial charge in [0.25, 0.3) is 0 Å². The molecule has 4 nitrogen and oxygen atoms in total. The first-order chi connectivity index (χ1) is 7.38. The maximum absolute atomic E-state index is 4.43. The Morgan fingerprint density at radius 3 is 2.67 bits per heavy atom. The maximum Gasteiger partial charge on any atom is 0.146 e. The SMILES string of the molecule is CCCNc1cncc(NCC2CC2)n1. The Balaban J connectivity index is 1.85. The molecule has 1 aliphatic rings. The summed E-state index contributed by atoms with van der Waals surface area (Å²) in [6.07, 6.45) is 7.35. The summed E-state index contributed by atoms with van der Waals surface area (Å²) in [5.74, 6) is 2.60. The van der Waals surface area contributed by atoms with E-state index in [1.54, 1.807) is 12.4 Å². The highest BCUT2D eigenvalue weighted by Gasteiger charge is 2.20. The summed E-state index contributed by atoms with van der Waals surface area (Å²) in [6.45, 7) is 4.11. The molecule has 1 aliphatic carbocycles. The number of aromatic nitrogens is 2. The molecule has 15 heavy (non-hydrogen) atoms. The minimum absolute atomic E-state index is 0.859. The average molecular weight is 206 g/mol. The van der Waals surface area contributed by atoms with Crippen LogP contribution in [0.3, 0.4) is 0 Å². The molecule has 0 aromatic carbocycles. The molecular formula is C11H18N4.